The predicted octanol–water partition coefficient (Wildman–Crippen LogP) is 3.68. The fourth-order valence-electron chi connectivity index (χ4n) is 1.73. The Bertz CT molecular complexity index is 672. The lowest BCUT2D eigenvalue weighted by molar-refractivity contribution is 0.0959. The molecular formula is C15H15BrN2O3S. The highest BCUT2D eigenvalue weighted by Crippen LogP contribution is 2.36. The van der Waals surface area contributed by atoms with E-state index in [1.54, 1.807) is 25.5 Å². The number of ether oxygens (including phenoxy) is 2. The van der Waals surface area contributed by atoms with Crippen molar-refractivity contribution in [2.75, 3.05) is 13.7 Å². The minimum Gasteiger partial charge on any atom is -0.493 e. The summed E-state index contributed by atoms with van der Waals surface area (Å²) in [4.78, 5) is 12.4. The van der Waals surface area contributed by atoms with Crippen LogP contribution in [0.1, 0.15) is 22.2 Å². The normalized spacial score (nSPS) is 10.7. The van der Waals surface area contributed by atoms with Crippen LogP contribution in [0.3, 0.4) is 0 Å². The van der Waals surface area contributed by atoms with Gasteiger partial charge in [-0.2, -0.15) is 5.10 Å². The summed E-state index contributed by atoms with van der Waals surface area (Å²) >= 11 is 4.80. The molecule has 116 valence electrons. The van der Waals surface area contributed by atoms with Crippen LogP contribution in [0.5, 0.6) is 11.5 Å². The van der Waals surface area contributed by atoms with Gasteiger partial charge in [0.05, 0.1) is 29.3 Å². The van der Waals surface area contributed by atoms with E-state index < -0.39 is 0 Å². The Hall–Kier alpha value is -1.86. The van der Waals surface area contributed by atoms with E-state index in [1.165, 1.54) is 11.3 Å². The van der Waals surface area contributed by atoms with Gasteiger partial charge >= 0.3 is 0 Å². The van der Waals surface area contributed by atoms with E-state index in [9.17, 15) is 4.79 Å². The molecule has 0 saturated heterocycles. The van der Waals surface area contributed by atoms with Gasteiger partial charge in [0, 0.05) is 0 Å². The number of carbonyl (C=O) groups is 1. The number of rotatable bonds is 6. The van der Waals surface area contributed by atoms with Crippen LogP contribution in [-0.4, -0.2) is 25.8 Å². The minimum absolute atomic E-state index is 0.233. The number of amides is 1. The first-order valence-corrected chi connectivity index (χ1v) is 8.20. The van der Waals surface area contributed by atoms with Gasteiger partial charge in [0.1, 0.15) is 0 Å². The van der Waals surface area contributed by atoms with Gasteiger partial charge in [-0.1, -0.05) is 6.07 Å². The number of thiophene rings is 1. The fraction of sp³-hybridized carbons (Fsp3) is 0.200. The molecule has 5 nitrogen and oxygen atoms in total. The van der Waals surface area contributed by atoms with E-state index in [0.29, 0.717) is 23.0 Å². The van der Waals surface area contributed by atoms with E-state index in [0.717, 1.165) is 10.0 Å². The Labute approximate surface area is 141 Å². The molecule has 1 aromatic heterocycles. The number of benzene rings is 1. The number of carbonyl (C=O) groups excluding carboxylic acids is 1. The molecule has 0 unspecified atom stereocenters. The molecule has 22 heavy (non-hydrogen) atoms. The SMILES string of the molecule is CCOc1c(Br)cc(/C=N\NC(=O)c2cccs2)cc1OC. The second-order valence-electron chi connectivity index (χ2n) is 4.14. The van der Waals surface area contributed by atoms with Crippen LogP contribution in [0.15, 0.2) is 39.2 Å². The van der Waals surface area contributed by atoms with Crippen molar-refractivity contribution in [2.45, 2.75) is 6.92 Å². The van der Waals surface area contributed by atoms with E-state index in [-0.39, 0.29) is 5.91 Å². The maximum atomic E-state index is 11.8. The first-order valence-electron chi connectivity index (χ1n) is 6.53. The molecule has 0 radical (unpaired) electrons. The lowest BCUT2D eigenvalue weighted by Gasteiger charge is -2.11. The summed E-state index contributed by atoms with van der Waals surface area (Å²) in [5, 5.41) is 5.79. The van der Waals surface area contributed by atoms with Crippen molar-refractivity contribution in [1.29, 1.82) is 0 Å². The van der Waals surface area contributed by atoms with Gasteiger partial charge < -0.3 is 9.47 Å². The molecule has 1 amide bonds. The van der Waals surface area contributed by atoms with Gasteiger partial charge in [-0.3, -0.25) is 4.79 Å². The zero-order valence-electron chi connectivity index (χ0n) is 12.1. The number of hydrazone groups is 1. The molecule has 0 spiro atoms. The average molecular weight is 383 g/mol. The third kappa shape index (κ3) is 4.08. The van der Waals surface area contributed by atoms with Crippen molar-refractivity contribution < 1.29 is 14.3 Å². The molecule has 0 aliphatic carbocycles. The third-order valence-corrected chi connectivity index (χ3v) is 4.12. The Morgan fingerprint density at radius 1 is 1.50 bits per heavy atom. The van der Waals surface area contributed by atoms with Crippen LogP contribution in [0.4, 0.5) is 0 Å². The number of nitrogens with zero attached hydrogens (tertiary/aromatic N) is 1. The van der Waals surface area contributed by atoms with Crippen LogP contribution < -0.4 is 14.9 Å². The van der Waals surface area contributed by atoms with Gasteiger partial charge in [0.2, 0.25) is 0 Å². The molecule has 0 fully saturated rings. The molecule has 0 aliphatic heterocycles. The number of hydrogen-bond donors (Lipinski definition) is 1. The van der Waals surface area contributed by atoms with Gasteiger partial charge in [-0.15, -0.1) is 11.3 Å². The second kappa shape index (κ2) is 7.95. The largest absolute Gasteiger partial charge is 0.493 e. The Balaban J connectivity index is 2.11. The Kier molecular flexibility index (Phi) is 5.97. The molecular weight excluding hydrogens is 368 g/mol. The number of halogens is 1. The summed E-state index contributed by atoms with van der Waals surface area (Å²) < 4.78 is 11.6. The molecule has 2 aromatic rings. The topological polar surface area (TPSA) is 59.9 Å². The Morgan fingerprint density at radius 3 is 2.95 bits per heavy atom. The van der Waals surface area contributed by atoms with Crippen LogP contribution in [0, 0.1) is 0 Å². The highest BCUT2D eigenvalue weighted by molar-refractivity contribution is 9.10. The lowest BCUT2D eigenvalue weighted by atomic mass is 10.2. The van der Waals surface area contributed by atoms with E-state index in [1.807, 2.05) is 24.4 Å². The van der Waals surface area contributed by atoms with Gasteiger partial charge in [-0.25, -0.2) is 5.43 Å². The van der Waals surface area contributed by atoms with Gasteiger partial charge in [0.25, 0.3) is 5.91 Å². The molecule has 7 heteroatoms. The van der Waals surface area contributed by atoms with Crippen molar-refractivity contribution in [3.8, 4) is 11.5 Å². The summed E-state index contributed by atoms with van der Waals surface area (Å²) in [5.41, 5.74) is 3.26. The van der Waals surface area contributed by atoms with E-state index in [4.69, 9.17) is 9.47 Å². The smallest absolute Gasteiger partial charge is 0.281 e. The highest BCUT2D eigenvalue weighted by Gasteiger charge is 2.10. The molecule has 1 N–H and O–H groups in total. The first kappa shape index (κ1) is 16.5. The van der Waals surface area contributed by atoms with Gasteiger partial charge in [0.15, 0.2) is 11.5 Å². The van der Waals surface area contributed by atoms with Crippen LogP contribution in [0.2, 0.25) is 0 Å². The van der Waals surface area contributed by atoms with Gasteiger partial charge in [-0.05, 0) is 52.0 Å². The fourth-order valence-corrected chi connectivity index (χ4v) is 2.91. The lowest BCUT2D eigenvalue weighted by Crippen LogP contribution is -2.16. The number of methoxy groups -OCH3 is 1. The summed E-state index contributed by atoms with van der Waals surface area (Å²) in [6.07, 6.45) is 1.55. The maximum absolute atomic E-state index is 11.8. The van der Waals surface area contributed by atoms with Crippen molar-refractivity contribution >= 4 is 39.4 Å². The zero-order valence-corrected chi connectivity index (χ0v) is 14.5. The molecule has 1 heterocycles. The third-order valence-electron chi connectivity index (χ3n) is 2.67. The Morgan fingerprint density at radius 2 is 2.32 bits per heavy atom. The molecule has 0 saturated carbocycles. The van der Waals surface area contributed by atoms with Crippen molar-refractivity contribution in [2.24, 2.45) is 5.10 Å². The monoisotopic (exact) mass is 382 g/mol. The molecule has 0 bridgehead atoms. The van der Waals surface area contributed by atoms with E-state index in [2.05, 4.69) is 26.5 Å². The van der Waals surface area contributed by atoms with Crippen LogP contribution >= 0.6 is 27.3 Å². The summed E-state index contributed by atoms with van der Waals surface area (Å²) in [7, 11) is 1.57. The van der Waals surface area contributed by atoms with Crippen molar-refractivity contribution in [3.05, 3.63) is 44.6 Å². The van der Waals surface area contributed by atoms with E-state index >= 15 is 0 Å². The first-order chi connectivity index (χ1) is 10.7. The average Bonchev–Trinajstić information content (AvgIpc) is 3.04. The molecule has 0 atom stereocenters. The van der Waals surface area contributed by atoms with Crippen LogP contribution in [0.25, 0.3) is 0 Å². The highest BCUT2D eigenvalue weighted by atomic mass is 79.9. The summed E-state index contributed by atoms with van der Waals surface area (Å²) in [6.45, 7) is 2.45. The van der Waals surface area contributed by atoms with Crippen molar-refractivity contribution in [3.63, 3.8) is 0 Å². The quantitative estimate of drug-likeness (QED) is 0.612. The summed E-state index contributed by atoms with van der Waals surface area (Å²) in [5.74, 6) is 1.01. The van der Waals surface area contributed by atoms with Crippen LogP contribution in [-0.2, 0) is 0 Å². The molecule has 1 aromatic carbocycles. The predicted molar refractivity (Wildman–Crippen MR) is 91.2 cm³/mol. The second-order valence-corrected chi connectivity index (χ2v) is 5.95. The minimum atomic E-state index is -0.233. The zero-order chi connectivity index (χ0) is 15.9. The molecule has 0 aliphatic rings. The number of hydrogen-bond acceptors (Lipinski definition) is 5. The number of nitrogens with one attached hydrogen (secondary N) is 1. The maximum Gasteiger partial charge on any atom is 0.281 e. The molecule has 2 rings (SSSR count). The standard InChI is InChI=1S/C15H15BrN2O3S/c1-3-21-14-11(16)7-10(8-12(14)20-2)9-17-18-15(19)13-5-4-6-22-13/h4-9H,3H2,1-2H3,(H,18,19)/b17-9-. The van der Waals surface area contributed by atoms with Crippen molar-refractivity contribution in [1.82, 2.24) is 5.43 Å². The summed E-state index contributed by atoms with van der Waals surface area (Å²) in [6, 6.07) is 7.19.